The van der Waals surface area contributed by atoms with Crippen molar-refractivity contribution in [1.29, 1.82) is 0 Å². The van der Waals surface area contributed by atoms with Crippen LogP contribution in [0.1, 0.15) is 6.92 Å². The van der Waals surface area contributed by atoms with E-state index >= 15 is 0 Å². The molecule has 3 aromatic carbocycles. The fourth-order valence-electron chi connectivity index (χ4n) is 3.05. The van der Waals surface area contributed by atoms with Gasteiger partial charge in [0.05, 0.1) is 5.30 Å². The van der Waals surface area contributed by atoms with Crippen LogP contribution in [0.3, 0.4) is 0 Å². The predicted octanol–water partition coefficient (Wildman–Crippen LogP) is 5.22. The van der Waals surface area contributed by atoms with Gasteiger partial charge in [0.2, 0.25) is 13.3 Å². The van der Waals surface area contributed by atoms with Crippen LogP contribution in [0.2, 0.25) is 0 Å². The number of rotatable bonds is 4. The van der Waals surface area contributed by atoms with Crippen molar-refractivity contribution in [2.45, 2.75) is 6.92 Å². The Morgan fingerprint density at radius 2 is 1.84 bits per heavy atom. The van der Waals surface area contributed by atoms with Gasteiger partial charge in [-0.15, -0.1) is 0 Å². The van der Waals surface area contributed by atoms with Crippen LogP contribution < -0.4 is 5.30 Å². The second kappa shape index (κ2) is 6.14. The summed E-state index contributed by atoms with van der Waals surface area (Å²) >= 11 is 0. The third-order valence-electron chi connectivity index (χ3n) is 4.47. The highest BCUT2D eigenvalue weighted by Gasteiger charge is 2.26. The SMILES string of the molecule is CCP(=O)(OC)c1cccc2oc(-c3ccc4ccccc4c3)nc12. The summed E-state index contributed by atoms with van der Waals surface area (Å²) in [5.74, 6) is 0.520. The van der Waals surface area contributed by atoms with Gasteiger partial charge in [-0.05, 0) is 35.0 Å². The summed E-state index contributed by atoms with van der Waals surface area (Å²) in [7, 11) is -1.44. The average molecular weight is 351 g/mol. The molecule has 126 valence electrons. The molecule has 0 saturated carbocycles. The minimum atomic E-state index is -2.92. The van der Waals surface area contributed by atoms with Gasteiger partial charge in [0.25, 0.3) is 0 Å². The first kappa shape index (κ1) is 16.1. The maximum Gasteiger partial charge on any atom is 0.233 e. The van der Waals surface area contributed by atoms with Gasteiger partial charge in [-0.1, -0.05) is 43.3 Å². The molecule has 0 N–H and O–H groups in total. The quantitative estimate of drug-likeness (QED) is 0.473. The van der Waals surface area contributed by atoms with Crippen molar-refractivity contribution in [3.05, 3.63) is 60.7 Å². The lowest BCUT2D eigenvalue weighted by Gasteiger charge is -2.13. The molecule has 4 rings (SSSR count). The molecule has 1 aromatic heterocycles. The summed E-state index contributed by atoms with van der Waals surface area (Å²) in [5, 5.41) is 2.90. The molecular weight excluding hydrogens is 333 g/mol. The number of hydrogen-bond acceptors (Lipinski definition) is 4. The van der Waals surface area contributed by atoms with E-state index < -0.39 is 7.37 Å². The second-order valence-electron chi connectivity index (χ2n) is 5.88. The van der Waals surface area contributed by atoms with Crippen LogP contribution in [0, 0.1) is 0 Å². The summed E-state index contributed by atoms with van der Waals surface area (Å²) in [6.45, 7) is 1.85. The van der Waals surface area contributed by atoms with Crippen molar-refractivity contribution in [3.63, 3.8) is 0 Å². The highest BCUT2D eigenvalue weighted by molar-refractivity contribution is 7.67. The maximum absolute atomic E-state index is 13.0. The molecular formula is C20H18NO3P. The Labute approximate surface area is 145 Å². The molecule has 1 unspecified atom stereocenters. The third kappa shape index (κ3) is 2.68. The van der Waals surface area contributed by atoms with Crippen LogP contribution in [0.4, 0.5) is 0 Å². The van der Waals surface area contributed by atoms with Gasteiger partial charge >= 0.3 is 0 Å². The van der Waals surface area contributed by atoms with E-state index in [0.29, 0.717) is 28.5 Å². The van der Waals surface area contributed by atoms with E-state index in [2.05, 4.69) is 23.2 Å². The Morgan fingerprint density at radius 1 is 1.04 bits per heavy atom. The van der Waals surface area contributed by atoms with Crippen molar-refractivity contribution in [2.24, 2.45) is 0 Å². The van der Waals surface area contributed by atoms with Crippen LogP contribution in [0.25, 0.3) is 33.3 Å². The van der Waals surface area contributed by atoms with E-state index in [4.69, 9.17) is 8.94 Å². The monoisotopic (exact) mass is 351 g/mol. The van der Waals surface area contributed by atoms with E-state index in [9.17, 15) is 4.57 Å². The molecule has 1 heterocycles. The summed E-state index contributed by atoms with van der Waals surface area (Å²) in [4.78, 5) is 4.63. The van der Waals surface area contributed by atoms with Gasteiger partial charge in [0.15, 0.2) is 5.58 Å². The Morgan fingerprint density at radius 3 is 2.60 bits per heavy atom. The number of nitrogens with zero attached hydrogens (tertiary/aromatic N) is 1. The first-order valence-electron chi connectivity index (χ1n) is 8.19. The molecule has 4 nitrogen and oxygen atoms in total. The number of oxazole rings is 1. The molecule has 1 atom stereocenters. The van der Waals surface area contributed by atoms with Gasteiger partial charge in [-0.3, -0.25) is 4.57 Å². The molecule has 0 fully saturated rings. The minimum Gasteiger partial charge on any atom is -0.436 e. The largest absolute Gasteiger partial charge is 0.436 e. The van der Waals surface area contributed by atoms with Crippen molar-refractivity contribution < 1.29 is 13.5 Å². The van der Waals surface area contributed by atoms with Crippen molar-refractivity contribution in [3.8, 4) is 11.5 Å². The Hall–Kier alpha value is -2.42. The van der Waals surface area contributed by atoms with Gasteiger partial charge in [0.1, 0.15) is 5.52 Å². The third-order valence-corrected chi connectivity index (χ3v) is 6.99. The summed E-state index contributed by atoms with van der Waals surface area (Å²) in [6, 6.07) is 19.7. The predicted molar refractivity (Wildman–Crippen MR) is 102 cm³/mol. The topological polar surface area (TPSA) is 52.3 Å². The zero-order chi connectivity index (χ0) is 17.4. The molecule has 0 aliphatic carbocycles. The van der Waals surface area contributed by atoms with E-state index in [1.54, 1.807) is 0 Å². The molecule has 0 aliphatic heterocycles. The summed E-state index contributed by atoms with van der Waals surface area (Å²) in [6.07, 6.45) is 0.417. The molecule has 0 spiro atoms. The highest BCUT2D eigenvalue weighted by atomic mass is 31.2. The van der Waals surface area contributed by atoms with E-state index in [0.717, 1.165) is 16.3 Å². The molecule has 25 heavy (non-hydrogen) atoms. The van der Waals surface area contributed by atoms with Crippen molar-refractivity contribution in [1.82, 2.24) is 4.98 Å². The van der Waals surface area contributed by atoms with Crippen LogP contribution in [-0.4, -0.2) is 18.3 Å². The second-order valence-corrected chi connectivity index (χ2v) is 8.70. The fraction of sp³-hybridized carbons (Fsp3) is 0.150. The van der Waals surface area contributed by atoms with E-state index in [-0.39, 0.29) is 0 Å². The molecule has 0 aliphatic rings. The fourth-order valence-corrected chi connectivity index (χ4v) is 4.64. The normalized spacial score (nSPS) is 14.0. The van der Waals surface area contributed by atoms with Crippen LogP contribution in [0.5, 0.6) is 0 Å². The Balaban J connectivity index is 1.90. The lowest BCUT2D eigenvalue weighted by molar-refractivity contribution is 0.404. The zero-order valence-corrected chi connectivity index (χ0v) is 15.0. The van der Waals surface area contributed by atoms with Gasteiger partial charge in [-0.25, -0.2) is 4.98 Å². The minimum absolute atomic E-state index is 0.417. The lowest BCUT2D eigenvalue weighted by atomic mass is 10.1. The smallest absolute Gasteiger partial charge is 0.233 e. The Bertz CT molecular complexity index is 1110. The number of fused-ring (bicyclic) bond motifs is 2. The summed E-state index contributed by atoms with van der Waals surface area (Å²) < 4.78 is 24.3. The number of hydrogen-bond donors (Lipinski definition) is 0. The lowest BCUT2D eigenvalue weighted by Crippen LogP contribution is -2.09. The standard InChI is InChI=1S/C20H18NO3P/c1-3-25(22,23-2)18-10-6-9-17-19(18)21-20(24-17)16-12-11-14-7-4-5-8-15(14)13-16/h4-13H,3H2,1-2H3. The molecule has 4 aromatic rings. The summed E-state index contributed by atoms with van der Waals surface area (Å²) in [5.41, 5.74) is 2.12. The van der Waals surface area contributed by atoms with Gasteiger partial charge in [-0.2, -0.15) is 0 Å². The van der Waals surface area contributed by atoms with Crippen LogP contribution in [-0.2, 0) is 9.09 Å². The molecule has 0 bridgehead atoms. The first-order valence-corrected chi connectivity index (χ1v) is 10.00. The molecule has 5 heteroatoms. The van der Waals surface area contributed by atoms with Gasteiger partial charge < -0.3 is 8.94 Å². The van der Waals surface area contributed by atoms with Gasteiger partial charge in [0, 0.05) is 18.8 Å². The van der Waals surface area contributed by atoms with Crippen molar-refractivity contribution in [2.75, 3.05) is 13.3 Å². The zero-order valence-electron chi connectivity index (χ0n) is 14.1. The Kier molecular flexibility index (Phi) is 3.95. The van der Waals surface area contributed by atoms with E-state index in [1.165, 1.54) is 7.11 Å². The molecule has 0 amide bonds. The first-order chi connectivity index (χ1) is 12.1. The molecule has 0 saturated heterocycles. The number of benzene rings is 3. The van der Waals surface area contributed by atoms with E-state index in [1.807, 2.05) is 49.4 Å². The highest BCUT2D eigenvalue weighted by Crippen LogP contribution is 2.46. The maximum atomic E-state index is 13.0. The number of aromatic nitrogens is 1. The number of para-hydroxylation sites is 1. The van der Waals surface area contributed by atoms with Crippen LogP contribution >= 0.6 is 7.37 Å². The molecule has 0 radical (unpaired) electrons. The average Bonchev–Trinajstić information content (AvgIpc) is 3.11. The van der Waals surface area contributed by atoms with Crippen molar-refractivity contribution >= 4 is 34.5 Å². The van der Waals surface area contributed by atoms with Crippen LogP contribution in [0.15, 0.2) is 65.1 Å².